The maximum atomic E-state index is 13.5. The third-order valence-corrected chi connectivity index (χ3v) is 5.54. The van der Waals surface area contributed by atoms with E-state index in [9.17, 15) is 4.39 Å². The molecule has 2 atom stereocenters. The monoisotopic (exact) mass is 258 g/mol. The van der Waals surface area contributed by atoms with Crippen LogP contribution in [-0.2, 0) is 0 Å². The summed E-state index contributed by atoms with van der Waals surface area (Å²) in [5.41, 5.74) is 0. The van der Waals surface area contributed by atoms with Crippen LogP contribution in [0, 0.1) is 0 Å². The first-order valence-electron chi connectivity index (χ1n) is 5.22. The van der Waals surface area contributed by atoms with E-state index in [2.05, 4.69) is 12.1 Å². The molecule has 0 aliphatic heterocycles. The van der Waals surface area contributed by atoms with Crippen LogP contribution in [0.4, 0.5) is 4.39 Å². The minimum absolute atomic E-state index is 0.332. The molecule has 1 saturated carbocycles. The minimum atomic E-state index is -0.538. The molecule has 1 aliphatic rings. The Labute approximate surface area is 91.1 Å². The van der Waals surface area contributed by atoms with Crippen molar-refractivity contribution in [2.24, 2.45) is 0 Å². The van der Waals surface area contributed by atoms with Gasteiger partial charge >= 0.3 is 90.8 Å². The van der Waals surface area contributed by atoms with Crippen LogP contribution in [-0.4, -0.2) is 21.1 Å². The second kappa shape index (κ2) is 4.95. The zero-order valence-corrected chi connectivity index (χ0v) is 9.87. The molecule has 1 fully saturated rings. The molecular formula is C12H15FSe. The summed E-state index contributed by atoms with van der Waals surface area (Å²) in [6, 6.07) is 10.4. The quantitative estimate of drug-likeness (QED) is 0.715. The van der Waals surface area contributed by atoms with Gasteiger partial charge in [0.15, 0.2) is 0 Å². The topological polar surface area (TPSA) is 0 Å². The van der Waals surface area contributed by atoms with Crippen molar-refractivity contribution < 1.29 is 4.39 Å². The van der Waals surface area contributed by atoms with E-state index in [4.69, 9.17) is 0 Å². The number of benzene rings is 1. The zero-order valence-electron chi connectivity index (χ0n) is 8.16. The molecular weight excluding hydrogens is 242 g/mol. The number of hydrogen-bond acceptors (Lipinski definition) is 0. The van der Waals surface area contributed by atoms with Gasteiger partial charge in [-0.3, -0.25) is 0 Å². The summed E-state index contributed by atoms with van der Waals surface area (Å²) in [7, 11) is 0. The Balaban J connectivity index is 1.96. The van der Waals surface area contributed by atoms with Crippen LogP contribution in [0.3, 0.4) is 0 Å². The third-order valence-electron chi connectivity index (χ3n) is 2.65. The average Bonchev–Trinajstić information content (AvgIpc) is 2.23. The van der Waals surface area contributed by atoms with Crippen molar-refractivity contribution in [3.63, 3.8) is 0 Å². The van der Waals surface area contributed by atoms with Gasteiger partial charge in [-0.2, -0.15) is 0 Å². The van der Waals surface area contributed by atoms with Gasteiger partial charge in [-0.05, 0) is 0 Å². The van der Waals surface area contributed by atoms with Crippen LogP contribution < -0.4 is 4.46 Å². The Morgan fingerprint density at radius 3 is 2.50 bits per heavy atom. The van der Waals surface area contributed by atoms with Gasteiger partial charge in [0.1, 0.15) is 0 Å². The molecule has 14 heavy (non-hydrogen) atoms. The van der Waals surface area contributed by atoms with E-state index in [0.29, 0.717) is 19.8 Å². The van der Waals surface area contributed by atoms with Gasteiger partial charge in [0.05, 0.1) is 0 Å². The molecule has 0 heterocycles. The molecule has 0 bridgehead atoms. The fourth-order valence-corrected chi connectivity index (χ4v) is 4.44. The zero-order chi connectivity index (χ0) is 9.80. The molecule has 0 unspecified atom stereocenters. The third kappa shape index (κ3) is 2.58. The van der Waals surface area contributed by atoms with Gasteiger partial charge in [-0.25, -0.2) is 0 Å². The normalized spacial score (nSPS) is 27.5. The fourth-order valence-electron chi connectivity index (χ4n) is 1.86. The van der Waals surface area contributed by atoms with Crippen molar-refractivity contribution in [3.05, 3.63) is 30.3 Å². The van der Waals surface area contributed by atoms with Crippen LogP contribution in [0.15, 0.2) is 30.3 Å². The fraction of sp³-hybridized carbons (Fsp3) is 0.500. The van der Waals surface area contributed by atoms with E-state index in [1.54, 1.807) is 0 Å². The molecule has 2 heteroatoms. The Morgan fingerprint density at radius 2 is 1.79 bits per heavy atom. The van der Waals surface area contributed by atoms with E-state index in [0.717, 1.165) is 19.3 Å². The number of hydrogen-bond donors (Lipinski definition) is 0. The number of alkyl halides is 1. The van der Waals surface area contributed by atoms with E-state index in [1.807, 2.05) is 18.2 Å². The predicted molar refractivity (Wildman–Crippen MR) is 58.9 cm³/mol. The average molecular weight is 257 g/mol. The standard InChI is InChI=1S/C12H15FSe/c13-11-8-4-5-9-12(11)14-10-6-2-1-3-7-10/h1-3,6-7,11-12H,4-5,8-9H2/t11-,12-/m1/s1. The molecule has 0 radical (unpaired) electrons. The van der Waals surface area contributed by atoms with Crippen molar-refractivity contribution in [2.45, 2.75) is 36.7 Å². The van der Waals surface area contributed by atoms with E-state index in [-0.39, 0.29) is 0 Å². The molecule has 2 rings (SSSR count). The Bertz CT molecular complexity index is 273. The summed E-state index contributed by atoms with van der Waals surface area (Å²) >= 11 is 0.334. The summed E-state index contributed by atoms with van der Waals surface area (Å²) < 4.78 is 14.9. The second-order valence-corrected chi connectivity index (χ2v) is 6.52. The van der Waals surface area contributed by atoms with Crippen molar-refractivity contribution in [2.75, 3.05) is 0 Å². The first-order valence-corrected chi connectivity index (χ1v) is 7.06. The van der Waals surface area contributed by atoms with Crippen molar-refractivity contribution >= 4 is 19.4 Å². The molecule has 76 valence electrons. The van der Waals surface area contributed by atoms with Gasteiger partial charge in [-0.1, -0.05) is 0 Å². The van der Waals surface area contributed by atoms with E-state index in [1.165, 1.54) is 10.9 Å². The van der Waals surface area contributed by atoms with Crippen molar-refractivity contribution in [3.8, 4) is 0 Å². The number of rotatable bonds is 2. The molecule has 1 aromatic rings. The number of halogens is 1. The molecule has 0 amide bonds. The van der Waals surface area contributed by atoms with E-state index >= 15 is 0 Å². The van der Waals surface area contributed by atoms with Gasteiger partial charge in [0.2, 0.25) is 0 Å². The summed E-state index contributed by atoms with van der Waals surface area (Å²) in [4.78, 5) is 0.332. The van der Waals surface area contributed by atoms with Crippen LogP contribution >= 0.6 is 0 Å². The van der Waals surface area contributed by atoms with Gasteiger partial charge < -0.3 is 0 Å². The van der Waals surface area contributed by atoms with Crippen molar-refractivity contribution in [1.82, 2.24) is 0 Å². The molecule has 0 N–H and O–H groups in total. The molecule has 0 saturated heterocycles. The Kier molecular flexibility index (Phi) is 3.61. The Morgan fingerprint density at radius 1 is 1.07 bits per heavy atom. The molecule has 0 spiro atoms. The molecule has 1 aromatic carbocycles. The van der Waals surface area contributed by atoms with Gasteiger partial charge in [-0.15, -0.1) is 0 Å². The Hall–Kier alpha value is -0.331. The van der Waals surface area contributed by atoms with Crippen LogP contribution in [0.2, 0.25) is 4.82 Å². The SMILES string of the molecule is F[C@@H]1CCCC[C@H]1[Se]c1ccccc1. The maximum absolute atomic E-state index is 13.5. The molecule has 0 nitrogen and oxygen atoms in total. The van der Waals surface area contributed by atoms with Gasteiger partial charge in [0.25, 0.3) is 0 Å². The summed E-state index contributed by atoms with van der Waals surface area (Å²) in [5.74, 6) is 0. The van der Waals surface area contributed by atoms with Crippen LogP contribution in [0.5, 0.6) is 0 Å². The van der Waals surface area contributed by atoms with Crippen LogP contribution in [0.25, 0.3) is 0 Å². The van der Waals surface area contributed by atoms with Crippen molar-refractivity contribution in [1.29, 1.82) is 0 Å². The predicted octanol–water partition coefficient (Wildman–Crippen LogP) is 2.72. The first kappa shape index (κ1) is 10.2. The first-order chi connectivity index (χ1) is 6.86. The second-order valence-electron chi connectivity index (χ2n) is 3.77. The summed E-state index contributed by atoms with van der Waals surface area (Å²) in [6.07, 6.45) is 3.65. The molecule has 1 aliphatic carbocycles. The van der Waals surface area contributed by atoms with Crippen LogP contribution in [0.1, 0.15) is 25.7 Å². The summed E-state index contributed by atoms with van der Waals surface area (Å²) in [6.45, 7) is 0. The molecule has 0 aromatic heterocycles. The van der Waals surface area contributed by atoms with Gasteiger partial charge in [0, 0.05) is 0 Å². The summed E-state index contributed by atoms with van der Waals surface area (Å²) in [5, 5.41) is 0. The van der Waals surface area contributed by atoms with E-state index < -0.39 is 6.17 Å².